The fraction of sp³-hybridized carbons (Fsp3) is 0.194. The van der Waals surface area contributed by atoms with Gasteiger partial charge in [-0.15, -0.1) is 5.10 Å². The van der Waals surface area contributed by atoms with Gasteiger partial charge in [0.25, 0.3) is 5.91 Å². The molecule has 3 heterocycles. The van der Waals surface area contributed by atoms with Crippen molar-refractivity contribution in [1.29, 1.82) is 0 Å². The van der Waals surface area contributed by atoms with E-state index in [0.29, 0.717) is 36.0 Å². The molecule has 3 N–H and O–H groups in total. The monoisotopic (exact) mass is 650 g/mol. The summed E-state index contributed by atoms with van der Waals surface area (Å²) in [6, 6.07) is 22.7. The van der Waals surface area contributed by atoms with Crippen LogP contribution in [0.2, 0.25) is 0 Å². The van der Waals surface area contributed by atoms with Gasteiger partial charge < -0.3 is 30.1 Å². The van der Waals surface area contributed by atoms with E-state index in [1.807, 2.05) is 66.9 Å². The SMILES string of the molecule is COc1cc(NC(=O)c2cccc(-n3cc(Nc4cnnn4-c4ccccc4)cn3)c2)ccc1N1CCOCC1.O=C(O)C(F)(F)F. The lowest BCUT2D eigenvalue weighted by atomic mass is 10.1. The molecule has 3 aromatic carbocycles. The van der Waals surface area contributed by atoms with Gasteiger partial charge in [-0.3, -0.25) is 4.79 Å². The predicted molar refractivity (Wildman–Crippen MR) is 166 cm³/mol. The third-order valence-electron chi connectivity index (χ3n) is 6.81. The maximum absolute atomic E-state index is 13.1. The van der Waals surface area contributed by atoms with E-state index < -0.39 is 12.1 Å². The van der Waals surface area contributed by atoms with Crippen LogP contribution in [0.4, 0.5) is 36.1 Å². The normalized spacial score (nSPS) is 12.9. The van der Waals surface area contributed by atoms with E-state index in [9.17, 15) is 18.0 Å². The number of morpholine rings is 1. The highest BCUT2D eigenvalue weighted by Crippen LogP contribution is 2.32. The number of hydrogen-bond acceptors (Lipinski definition) is 9. The maximum atomic E-state index is 13.1. The zero-order chi connectivity index (χ0) is 33.4. The summed E-state index contributed by atoms with van der Waals surface area (Å²) in [7, 11) is 1.63. The third kappa shape index (κ3) is 8.23. The molecule has 0 unspecified atom stereocenters. The number of amides is 1. The van der Waals surface area contributed by atoms with Crippen LogP contribution >= 0.6 is 0 Å². The first-order valence-electron chi connectivity index (χ1n) is 14.1. The zero-order valence-corrected chi connectivity index (χ0v) is 24.9. The highest BCUT2D eigenvalue weighted by molar-refractivity contribution is 6.04. The molecule has 1 aliphatic rings. The number of aliphatic carboxylic acids is 1. The molecule has 13 nitrogen and oxygen atoms in total. The Labute approximate surface area is 266 Å². The van der Waals surface area contributed by atoms with Crippen molar-refractivity contribution in [3.05, 3.63) is 97.0 Å². The van der Waals surface area contributed by atoms with Crippen LogP contribution in [0.25, 0.3) is 11.4 Å². The summed E-state index contributed by atoms with van der Waals surface area (Å²) >= 11 is 0. The summed E-state index contributed by atoms with van der Waals surface area (Å²) in [6.07, 6.45) is 0.115. The van der Waals surface area contributed by atoms with Crippen molar-refractivity contribution in [2.75, 3.05) is 48.9 Å². The average Bonchev–Trinajstić information content (AvgIpc) is 3.75. The lowest BCUT2D eigenvalue weighted by molar-refractivity contribution is -0.192. The number of anilines is 4. The second-order valence-corrected chi connectivity index (χ2v) is 9.96. The van der Waals surface area contributed by atoms with Crippen molar-refractivity contribution >= 4 is 34.8 Å². The van der Waals surface area contributed by atoms with Crippen LogP contribution in [0.5, 0.6) is 5.75 Å². The highest BCUT2D eigenvalue weighted by Gasteiger charge is 2.38. The summed E-state index contributed by atoms with van der Waals surface area (Å²) in [4.78, 5) is 24.2. The van der Waals surface area contributed by atoms with Gasteiger partial charge in [-0.25, -0.2) is 9.48 Å². The Balaban J connectivity index is 0.000000559. The predicted octanol–water partition coefficient (Wildman–Crippen LogP) is 4.93. The summed E-state index contributed by atoms with van der Waals surface area (Å²) in [5.74, 6) is -1.58. The first kappa shape index (κ1) is 32.5. The summed E-state index contributed by atoms with van der Waals surface area (Å²) in [6.45, 7) is 2.96. The Morgan fingerprint density at radius 3 is 2.36 bits per heavy atom. The number of aromatic nitrogens is 5. The van der Waals surface area contributed by atoms with E-state index in [1.54, 1.807) is 41.0 Å². The number of carbonyl (C=O) groups excluding carboxylic acids is 1. The van der Waals surface area contributed by atoms with Crippen LogP contribution in [0.3, 0.4) is 0 Å². The minimum atomic E-state index is -5.08. The fourth-order valence-electron chi connectivity index (χ4n) is 4.57. The average molecular weight is 651 g/mol. The van der Waals surface area contributed by atoms with Crippen LogP contribution in [0.15, 0.2) is 91.4 Å². The molecular weight excluding hydrogens is 621 g/mol. The summed E-state index contributed by atoms with van der Waals surface area (Å²) in [5, 5.41) is 26.1. The molecule has 0 spiro atoms. The standard InChI is InChI=1S/C29H28N8O3.C2HF3O2/c1-39-27-17-22(10-11-26(27)35-12-14-40-15-13-35)33-29(38)21-6-5-9-25(16-21)36-20-23(18-31-36)32-28-19-30-34-37(28)24-7-3-2-4-8-24;3-2(4,5)1(6)7/h2-11,16-20,32H,12-15H2,1H3,(H,33,38);(H,6,7). The van der Waals surface area contributed by atoms with Gasteiger partial charge in [0.2, 0.25) is 0 Å². The lowest BCUT2D eigenvalue weighted by Gasteiger charge is -2.30. The van der Waals surface area contributed by atoms with Gasteiger partial charge in [0.1, 0.15) is 5.75 Å². The molecule has 1 saturated heterocycles. The fourth-order valence-corrected chi connectivity index (χ4v) is 4.57. The molecule has 0 bridgehead atoms. The van der Waals surface area contributed by atoms with Gasteiger partial charge in [-0.1, -0.05) is 29.5 Å². The van der Waals surface area contributed by atoms with Crippen molar-refractivity contribution in [2.45, 2.75) is 6.18 Å². The number of methoxy groups -OCH3 is 1. The Kier molecular flexibility index (Phi) is 10.0. The zero-order valence-electron chi connectivity index (χ0n) is 24.9. The lowest BCUT2D eigenvalue weighted by Crippen LogP contribution is -2.36. The molecule has 16 heteroatoms. The molecule has 6 rings (SSSR count). The molecule has 5 aromatic rings. The van der Waals surface area contributed by atoms with Gasteiger partial charge in [0, 0.05) is 30.4 Å². The second kappa shape index (κ2) is 14.5. The van der Waals surface area contributed by atoms with E-state index in [2.05, 4.69) is 30.9 Å². The Morgan fingerprint density at radius 2 is 1.66 bits per heavy atom. The van der Waals surface area contributed by atoms with E-state index >= 15 is 0 Å². The van der Waals surface area contributed by atoms with Crippen molar-refractivity contribution in [3.8, 4) is 17.1 Å². The molecule has 0 radical (unpaired) electrons. The minimum Gasteiger partial charge on any atom is -0.495 e. The molecule has 1 fully saturated rings. The first-order chi connectivity index (χ1) is 22.6. The van der Waals surface area contributed by atoms with Crippen LogP contribution < -0.4 is 20.3 Å². The van der Waals surface area contributed by atoms with Crippen LogP contribution in [-0.4, -0.2) is 81.3 Å². The minimum absolute atomic E-state index is 0.230. The quantitative estimate of drug-likeness (QED) is 0.211. The maximum Gasteiger partial charge on any atom is 0.490 e. The summed E-state index contributed by atoms with van der Waals surface area (Å²) < 4.78 is 46.2. The molecular formula is C31H29F3N8O5. The largest absolute Gasteiger partial charge is 0.495 e. The number of nitrogens with one attached hydrogen (secondary N) is 2. The van der Waals surface area contributed by atoms with Crippen molar-refractivity contribution < 1.29 is 37.3 Å². The number of para-hydroxylation sites is 1. The van der Waals surface area contributed by atoms with E-state index in [4.69, 9.17) is 19.4 Å². The van der Waals surface area contributed by atoms with E-state index in [1.165, 1.54) is 0 Å². The molecule has 0 saturated carbocycles. The number of halogens is 3. The van der Waals surface area contributed by atoms with Gasteiger partial charge in [-0.05, 0) is 42.5 Å². The van der Waals surface area contributed by atoms with E-state index in [0.717, 1.165) is 35.8 Å². The summed E-state index contributed by atoms with van der Waals surface area (Å²) in [5.41, 5.74) is 4.53. The number of benzene rings is 3. The van der Waals surface area contributed by atoms with Gasteiger partial charge in [0.05, 0.1) is 61.7 Å². The Morgan fingerprint density at radius 1 is 0.936 bits per heavy atom. The molecule has 2 aromatic heterocycles. The number of carboxylic acid groups (broad SMARTS) is 1. The number of ether oxygens (including phenoxy) is 2. The van der Waals surface area contributed by atoms with Crippen LogP contribution in [0.1, 0.15) is 10.4 Å². The van der Waals surface area contributed by atoms with Crippen LogP contribution in [-0.2, 0) is 9.53 Å². The smallest absolute Gasteiger partial charge is 0.490 e. The number of hydrogen-bond donors (Lipinski definition) is 3. The molecule has 0 aliphatic carbocycles. The highest BCUT2D eigenvalue weighted by atomic mass is 19.4. The first-order valence-corrected chi connectivity index (χ1v) is 14.1. The van der Waals surface area contributed by atoms with Crippen molar-refractivity contribution in [1.82, 2.24) is 24.8 Å². The molecule has 244 valence electrons. The number of nitrogens with zero attached hydrogens (tertiary/aromatic N) is 6. The molecule has 1 aliphatic heterocycles. The molecule has 1 amide bonds. The topological polar surface area (TPSA) is 149 Å². The second-order valence-electron chi connectivity index (χ2n) is 9.96. The number of alkyl halides is 3. The number of carbonyl (C=O) groups is 2. The van der Waals surface area contributed by atoms with Gasteiger partial charge in [0.15, 0.2) is 5.82 Å². The van der Waals surface area contributed by atoms with Crippen molar-refractivity contribution in [3.63, 3.8) is 0 Å². The number of rotatable bonds is 8. The third-order valence-corrected chi connectivity index (χ3v) is 6.81. The molecule has 0 atom stereocenters. The van der Waals surface area contributed by atoms with E-state index in [-0.39, 0.29) is 5.91 Å². The Bertz CT molecular complexity index is 1820. The molecule has 47 heavy (non-hydrogen) atoms. The Hall–Kier alpha value is -5.90. The van der Waals surface area contributed by atoms with Gasteiger partial charge >= 0.3 is 12.1 Å². The number of carboxylic acids is 1. The van der Waals surface area contributed by atoms with Crippen molar-refractivity contribution in [2.24, 2.45) is 0 Å². The van der Waals surface area contributed by atoms with Gasteiger partial charge in [-0.2, -0.15) is 23.0 Å². The van der Waals surface area contributed by atoms with Crippen LogP contribution in [0, 0.1) is 0 Å².